The van der Waals surface area contributed by atoms with Gasteiger partial charge in [0.05, 0.1) is 12.3 Å². The lowest BCUT2D eigenvalue weighted by Gasteiger charge is -2.38. The van der Waals surface area contributed by atoms with Crippen molar-refractivity contribution in [2.45, 2.75) is 44.0 Å². The fourth-order valence-corrected chi connectivity index (χ4v) is 3.31. The monoisotopic (exact) mass is 326 g/mol. The van der Waals surface area contributed by atoms with Gasteiger partial charge in [-0.15, -0.1) is 0 Å². The predicted octanol–water partition coefficient (Wildman–Crippen LogP) is 2.87. The van der Waals surface area contributed by atoms with Crippen LogP contribution in [0.4, 0.5) is 13.2 Å². The van der Waals surface area contributed by atoms with Crippen LogP contribution in [0.2, 0.25) is 0 Å². The van der Waals surface area contributed by atoms with Crippen molar-refractivity contribution in [2.75, 3.05) is 0 Å². The Morgan fingerprint density at radius 3 is 2.65 bits per heavy atom. The van der Waals surface area contributed by atoms with E-state index in [4.69, 9.17) is 0 Å². The van der Waals surface area contributed by atoms with Gasteiger partial charge >= 0.3 is 6.18 Å². The minimum Gasteiger partial charge on any atom is -0.362 e. The lowest BCUT2D eigenvalue weighted by molar-refractivity contribution is -0.317. The topological polar surface area (TPSA) is 52.9 Å². The lowest BCUT2D eigenvalue weighted by atomic mass is 9.80. The van der Waals surface area contributed by atoms with Gasteiger partial charge in [-0.3, -0.25) is 4.79 Å². The average molecular weight is 326 g/mol. The highest BCUT2D eigenvalue weighted by Gasteiger charge is 2.68. The van der Waals surface area contributed by atoms with Gasteiger partial charge in [-0.2, -0.15) is 23.3 Å². The maximum atomic E-state index is 13.5. The second-order valence-corrected chi connectivity index (χ2v) is 5.98. The van der Waals surface area contributed by atoms with Crippen molar-refractivity contribution in [3.8, 4) is 0 Å². The van der Waals surface area contributed by atoms with Crippen LogP contribution in [0.3, 0.4) is 0 Å². The molecule has 1 aliphatic heterocycles. The van der Waals surface area contributed by atoms with E-state index >= 15 is 0 Å². The molecule has 1 saturated carbocycles. The van der Waals surface area contributed by atoms with Crippen LogP contribution in [0.5, 0.6) is 0 Å². The molecular formula is C16H17F3N2O2. The third-order valence-corrected chi connectivity index (χ3v) is 4.47. The Labute approximate surface area is 131 Å². The highest BCUT2D eigenvalue weighted by Crippen LogP contribution is 2.48. The van der Waals surface area contributed by atoms with Crippen molar-refractivity contribution < 1.29 is 23.1 Å². The maximum absolute atomic E-state index is 13.5. The first-order chi connectivity index (χ1) is 10.8. The molecule has 1 heterocycles. The SMILES string of the molecule is O=C(Cc1ccccc1)N1N=C2CCCC[C@@H]2[C@]1(O)C(F)(F)F. The zero-order chi connectivity index (χ0) is 16.7. The van der Waals surface area contributed by atoms with Gasteiger partial charge in [0.15, 0.2) is 0 Å². The van der Waals surface area contributed by atoms with Crippen molar-refractivity contribution in [3.05, 3.63) is 35.9 Å². The second kappa shape index (κ2) is 5.63. The summed E-state index contributed by atoms with van der Waals surface area (Å²) in [5.74, 6) is -2.01. The molecule has 0 unspecified atom stereocenters. The predicted molar refractivity (Wildman–Crippen MR) is 77.4 cm³/mol. The summed E-state index contributed by atoms with van der Waals surface area (Å²) in [4.78, 5) is 12.4. The summed E-state index contributed by atoms with van der Waals surface area (Å²) in [6, 6.07) is 8.47. The van der Waals surface area contributed by atoms with Crippen LogP contribution in [-0.4, -0.2) is 33.6 Å². The number of amides is 1. The minimum absolute atomic E-state index is 0.184. The van der Waals surface area contributed by atoms with E-state index in [1.165, 1.54) is 0 Å². The number of hydrogen-bond donors (Lipinski definition) is 1. The first-order valence-corrected chi connectivity index (χ1v) is 7.57. The molecule has 0 aromatic heterocycles. The number of halogens is 3. The van der Waals surface area contributed by atoms with Crippen molar-refractivity contribution in [2.24, 2.45) is 11.0 Å². The van der Waals surface area contributed by atoms with E-state index in [0.29, 0.717) is 18.4 Å². The zero-order valence-electron chi connectivity index (χ0n) is 12.4. The van der Waals surface area contributed by atoms with Gasteiger partial charge < -0.3 is 5.11 Å². The maximum Gasteiger partial charge on any atom is 0.439 e. The van der Waals surface area contributed by atoms with Gasteiger partial charge in [0.25, 0.3) is 5.72 Å². The number of hydrogen-bond acceptors (Lipinski definition) is 3. The Hall–Kier alpha value is -1.89. The summed E-state index contributed by atoms with van der Waals surface area (Å²) >= 11 is 0. The molecule has 7 heteroatoms. The molecule has 1 aromatic rings. The number of carbonyl (C=O) groups is 1. The number of rotatable bonds is 2. The van der Waals surface area contributed by atoms with Crippen LogP contribution in [-0.2, 0) is 11.2 Å². The summed E-state index contributed by atoms with van der Waals surface area (Å²) in [5, 5.41) is 14.5. The zero-order valence-corrected chi connectivity index (χ0v) is 12.4. The Bertz CT molecular complexity index is 630. The molecule has 1 aromatic carbocycles. The Balaban J connectivity index is 1.92. The van der Waals surface area contributed by atoms with Gasteiger partial charge in [-0.1, -0.05) is 36.8 Å². The van der Waals surface area contributed by atoms with Crippen LogP contribution in [0.25, 0.3) is 0 Å². The quantitative estimate of drug-likeness (QED) is 0.908. The molecule has 2 atom stereocenters. The van der Waals surface area contributed by atoms with Gasteiger partial charge in [0.1, 0.15) is 0 Å². The van der Waals surface area contributed by atoms with Gasteiger partial charge in [0, 0.05) is 5.71 Å². The summed E-state index contributed by atoms with van der Waals surface area (Å²) in [5.41, 5.74) is -2.37. The van der Waals surface area contributed by atoms with E-state index in [9.17, 15) is 23.1 Å². The number of fused-ring (bicyclic) bond motifs is 1. The number of benzene rings is 1. The number of aliphatic hydroxyl groups is 1. The highest BCUT2D eigenvalue weighted by molar-refractivity contribution is 5.93. The number of hydrazone groups is 1. The molecule has 124 valence electrons. The molecule has 4 nitrogen and oxygen atoms in total. The Kier molecular flexibility index (Phi) is 3.91. The van der Waals surface area contributed by atoms with E-state index in [-0.39, 0.29) is 23.6 Å². The second-order valence-electron chi connectivity index (χ2n) is 5.98. The fourth-order valence-electron chi connectivity index (χ4n) is 3.31. The molecule has 1 amide bonds. The first-order valence-electron chi connectivity index (χ1n) is 7.57. The fraction of sp³-hybridized carbons (Fsp3) is 0.500. The summed E-state index contributed by atoms with van der Waals surface area (Å²) in [7, 11) is 0. The van der Waals surface area contributed by atoms with E-state index in [2.05, 4.69) is 5.10 Å². The average Bonchev–Trinajstić information content (AvgIpc) is 2.83. The van der Waals surface area contributed by atoms with Gasteiger partial charge in [0.2, 0.25) is 5.91 Å². The molecule has 0 radical (unpaired) electrons. The standard InChI is InChI=1S/C16H17F3N2O2/c17-16(18,19)15(23)12-8-4-5-9-13(12)20-21(15)14(22)10-11-6-2-1-3-7-11/h1-3,6-7,12,23H,4-5,8-10H2/t12-,15-/m0/s1. The largest absolute Gasteiger partial charge is 0.439 e. The molecule has 2 aliphatic rings. The number of carbonyl (C=O) groups excluding carboxylic acids is 1. The Morgan fingerprint density at radius 2 is 2.00 bits per heavy atom. The van der Waals surface area contributed by atoms with Crippen LogP contribution in [0.1, 0.15) is 31.2 Å². The molecule has 0 saturated heterocycles. The molecule has 0 bridgehead atoms. The van der Waals surface area contributed by atoms with Gasteiger partial charge in [-0.05, 0) is 24.8 Å². The van der Waals surface area contributed by atoms with E-state index in [0.717, 1.165) is 6.42 Å². The normalized spacial score (nSPS) is 27.6. The van der Waals surface area contributed by atoms with E-state index in [1.807, 2.05) is 0 Å². The number of nitrogens with zero attached hydrogens (tertiary/aromatic N) is 2. The summed E-state index contributed by atoms with van der Waals surface area (Å²) < 4.78 is 40.6. The molecule has 0 spiro atoms. The van der Waals surface area contributed by atoms with Crippen molar-refractivity contribution in [3.63, 3.8) is 0 Å². The smallest absolute Gasteiger partial charge is 0.362 e. The van der Waals surface area contributed by atoms with Crippen LogP contribution < -0.4 is 0 Å². The molecular weight excluding hydrogens is 309 g/mol. The van der Waals surface area contributed by atoms with Crippen LogP contribution in [0.15, 0.2) is 35.4 Å². The van der Waals surface area contributed by atoms with Crippen molar-refractivity contribution >= 4 is 11.6 Å². The third kappa shape index (κ3) is 2.63. The summed E-state index contributed by atoms with van der Waals surface area (Å²) in [6.45, 7) is 0. The van der Waals surface area contributed by atoms with Crippen molar-refractivity contribution in [1.82, 2.24) is 5.01 Å². The molecule has 3 rings (SSSR count). The van der Waals surface area contributed by atoms with Crippen molar-refractivity contribution in [1.29, 1.82) is 0 Å². The van der Waals surface area contributed by atoms with Gasteiger partial charge in [-0.25, -0.2) is 0 Å². The van der Waals surface area contributed by atoms with E-state index < -0.39 is 23.7 Å². The van der Waals surface area contributed by atoms with Crippen LogP contribution in [0, 0.1) is 5.92 Å². The minimum atomic E-state index is -4.95. The lowest BCUT2D eigenvalue weighted by Crippen LogP contribution is -2.61. The van der Waals surface area contributed by atoms with Crippen LogP contribution >= 0.6 is 0 Å². The molecule has 1 N–H and O–H groups in total. The van der Waals surface area contributed by atoms with E-state index in [1.54, 1.807) is 30.3 Å². The molecule has 1 fully saturated rings. The Morgan fingerprint density at radius 1 is 1.30 bits per heavy atom. The molecule has 23 heavy (non-hydrogen) atoms. The molecule has 1 aliphatic carbocycles. The number of alkyl halides is 3. The third-order valence-electron chi connectivity index (χ3n) is 4.47. The highest BCUT2D eigenvalue weighted by atomic mass is 19.4. The first kappa shape index (κ1) is 16.0. The summed E-state index contributed by atoms with van der Waals surface area (Å²) in [6.07, 6.45) is -3.30.